The first-order chi connectivity index (χ1) is 9.09. The van der Waals surface area contributed by atoms with Gasteiger partial charge in [0.25, 0.3) is 0 Å². The van der Waals surface area contributed by atoms with Crippen LogP contribution < -0.4 is 0 Å². The van der Waals surface area contributed by atoms with Crippen LogP contribution >= 0.6 is 22.9 Å². The van der Waals surface area contributed by atoms with Crippen LogP contribution in [0.3, 0.4) is 0 Å². The highest BCUT2D eigenvalue weighted by Crippen LogP contribution is 2.31. The molecule has 0 amide bonds. The standard InChI is InChI=1S/C15H12ClNOS/c1-8-4-3-5-10(13(8)16)14(18)12-9(2)17-11-6-7-19-15(11)12/h3-7,17H,1-2H3. The summed E-state index contributed by atoms with van der Waals surface area (Å²) < 4.78 is 1.00. The molecule has 4 heteroatoms. The molecule has 3 aromatic rings. The first-order valence-electron chi connectivity index (χ1n) is 5.95. The number of carbonyl (C=O) groups excluding carboxylic acids is 1. The summed E-state index contributed by atoms with van der Waals surface area (Å²) in [5, 5.41) is 2.52. The largest absolute Gasteiger partial charge is 0.357 e. The van der Waals surface area contributed by atoms with E-state index in [1.54, 1.807) is 17.4 Å². The van der Waals surface area contributed by atoms with Crippen molar-refractivity contribution in [3.8, 4) is 0 Å². The van der Waals surface area contributed by atoms with Crippen molar-refractivity contribution in [1.29, 1.82) is 0 Å². The molecule has 96 valence electrons. The number of aromatic amines is 1. The Kier molecular flexibility index (Phi) is 2.96. The Bertz CT molecular complexity index is 785. The van der Waals surface area contributed by atoms with E-state index in [0.717, 1.165) is 27.0 Å². The summed E-state index contributed by atoms with van der Waals surface area (Å²) in [4.78, 5) is 16.0. The molecule has 2 nitrogen and oxygen atoms in total. The lowest BCUT2D eigenvalue weighted by Gasteiger charge is -2.05. The maximum absolute atomic E-state index is 12.7. The zero-order valence-corrected chi connectivity index (χ0v) is 12.2. The topological polar surface area (TPSA) is 32.9 Å². The highest BCUT2D eigenvalue weighted by molar-refractivity contribution is 7.17. The van der Waals surface area contributed by atoms with Crippen LogP contribution in [0.5, 0.6) is 0 Å². The second-order valence-electron chi connectivity index (χ2n) is 4.55. The average molecular weight is 290 g/mol. The maximum Gasteiger partial charge on any atom is 0.197 e. The van der Waals surface area contributed by atoms with Crippen molar-refractivity contribution in [2.24, 2.45) is 0 Å². The lowest BCUT2D eigenvalue weighted by atomic mass is 10.0. The molecule has 1 N–H and O–H groups in total. The van der Waals surface area contributed by atoms with Gasteiger partial charge < -0.3 is 4.98 Å². The molecule has 19 heavy (non-hydrogen) atoms. The fourth-order valence-corrected chi connectivity index (χ4v) is 3.43. The minimum Gasteiger partial charge on any atom is -0.357 e. The zero-order valence-electron chi connectivity index (χ0n) is 10.6. The van der Waals surface area contributed by atoms with Crippen LogP contribution in [0.25, 0.3) is 10.2 Å². The van der Waals surface area contributed by atoms with Gasteiger partial charge in [-0.05, 0) is 36.9 Å². The molecule has 1 aromatic carbocycles. The highest BCUT2D eigenvalue weighted by Gasteiger charge is 2.21. The third-order valence-corrected chi connectivity index (χ3v) is 4.69. The quantitative estimate of drug-likeness (QED) is 0.680. The van der Waals surface area contributed by atoms with Gasteiger partial charge in [0, 0.05) is 11.3 Å². The number of H-pyrrole nitrogens is 1. The number of halogens is 1. The van der Waals surface area contributed by atoms with Gasteiger partial charge in [0.05, 0.1) is 20.8 Å². The van der Waals surface area contributed by atoms with Crippen LogP contribution in [-0.2, 0) is 0 Å². The molecular formula is C15H12ClNOS. The molecule has 0 aliphatic heterocycles. The second kappa shape index (κ2) is 4.51. The molecule has 2 heterocycles. The fourth-order valence-electron chi connectivity index (χ4n) is 2.27. The van der Waals surface area contributed by atoms with E-state index in [1.807, 2.05) is 37.4 Å². The number of rotatable bonds is 2. The Morgan fingerprint density at radius 3 is 2.84 bits per heavy atom. The van der Waals surface area contributed by atoms with Crippen molar-refractivity contribution in [3.05, 3.63) is 57.1 Å². The van der Waals surface area contributed by atoms with Crippen LogP contribution in [0, 0.1) is 13.8 Å². The van der Waals surface area contributed by atoms with E-state index >= 15 is 0 Å². The van der Waals surface area contributed by atoms with E-state index in [9.17, 15) is 4.79 Å². The predicted octanol–water partition coefficient (Wildman–Crippen LogP) is 4.73. The molecule has 0 saturated carbocycles. The lowest BCUT2D eigenvalue weighted by molar-refractivity contribution is 0.104. The zero-order chi connectivity index (χ0) is 13.6. The van der Waals surface area contributed by atoms with Crippen LogP contribution in [0.1, 0.15) is 27.2 Å². The summed E-state index contributed by atoms with van der Waals surface area (Å²) in [6.07, 6.45) is 0. The molecule has 0 aliphatic rings. The van der Waals surface area contributed by atoms with Crippen molar-refractivity contribution in [1.82, 2.24) is 4.98 Å². The Labute approximate surface area is 120 Å². The fraction of sp³-hybridized carbons (Fsp3) is 0.133. The summed E-state index contributed by atoms with van der Waals surface area (Å²) in [7, 11) is 0. The number of hydrogen-bond donors (Lipinski definition) is 1. The van der Waals surface area contributed by atoms with Gasteiger partial charge in [-0.25, -0.2) is 0 Å². The molecule has 0 saturated heterocycles. The lowest BCUT2D eigenvalue weighted by Crippen LogP contribution is -2.03. The number of ketones is 1. The summed E-state index contributed by atoms with van der Waals surface area (Å²) >= 11 is 7.83. The molecule has 0 aliphatic carbocycles. The van der Waals surface area contributed by atoms with Crippen molar-refractivity contribution < 1.29 is 4.79 Å². The van der Waals surface area contributed by atoms with E-state index in [2.05, 4.69) is 4.98 Å². The Morgan fingerprint density at radius 1 is 1.26 bits per heavy atom. The number of thiophene rings is 1. The molecule has 0 atom stereocenters. The molecule has 3 rings (SSSR count). The molecule has 0 fully saturated rings. The molecule has 2 aromatic heterocycles. The second-order valence-corrected chi connectivity index (χ2v) is 5.85. The van der Waals surface area contributed by atoms with E-state index in [1.165, 1.54) is 0 Å². The third kappa shape index (κ3) is 1.90. The van der Waals surface area contributed by atoms with Crippen molar-refractivity contribution >= 4 is 38.9 Å². The molecule has 0 spiro atoms. The van der Waals surface area contributed by atoms with Gasteiger partial charge in [-0.3, -0.25) is 4.79 Å². The van der Waals surface area contributed by atoms with Crippen molar-refractivity contribution in [3.63, 3.8) is 0 Å². The third-order valence-electron chi connectivity index (χ3n) is 3.25. The van der Waals surface area contributed by atoms with Gasteiger partial charge in [-0.15, -0.1) is 11.3 Å². The van der Waals surface area contributed by atoms with Crippen molar-refractivity contribution in [2.45, 2.75) is 13.8 Å². The Hall–Kier alpha value is -1.58. The van der Waals surface area contributed by atoms with Crippen LogP contribution in [0.2, 0.25) is 5.02 Å². The van der Waals surface area contributed by atoms with Gasteiger partial charge >= 0.3 is 0 Å². The van der Waals surface area contributed by atoms with E-state index < -0.39 is 0 Å². The highest BCUT2D eigenvalue weighted by atomic mass is 35.5. The number of nitrogens with one attached hydrogen (secondary N) is 1. The number of carbonyl (C=O) groups is 1. The van der Waals surface area contributed by atoms with Crippen LogP contribution in [-0.4, -0.2) is 10.8 Å². The SMILES string of the molecule is Cc1cccc(C(=O)c2c(C)[nH]c3ccsc23)c1Cl. The first-order valence-corrected chi connectivity index (χ1v) is 7.21. The predicted molar refractivity (Wildman–Crippen MR) is 80.5 cm³/mol. The Balaban J connectivity index is 2.21. The summed E-state index contributed by atoms with van der Waals surface area (Å²) in [5.74, 6) is -0.0140. The van der Waals surface area contributed by atoms with Gasteiger partial charge in [0.2, 0.25) is 0 Å². The summed E-state index contributed by atoms with van der Waals surface area (Å²) in [5.41, 5.74) is 4.12. The normalized spacial score (nSPS) is 11.1. The number of benzene rings is 1. The van der Waals surface area contributed by atoms with E-state index in [4.69, 9.17) is 11.6 Å². The molecule has 0 radical (unpaired) electrons. The van der Waals surface area contributed by atoms with Gasteiger partial charge in [-0.2, -0.15) is 0 Å². The van der Waals surface area contributed by atoms with Gasteiger partial charge in [0.1, 0.15) is 0 Å². The van der Waals surface area contributed by atoms with Crippen LogP contribution in [0.4, 0.5) is 0 Å². The molecule has 0 bridgehead atoms. The number of fused-ring (bicyclic) bond motifs is 1. The number of aryl methyl sites for hydroxylation is 2. The summed E-state index contributed by atoms with van der Waals surface area (Å²) in [6.45, 7) is 3.83. The minimum absolute atomic E-state index is 0.0140. The van der Waals surface area contributed by atoms with Gasteiger partial charge in [-0.1, -0.05) is 23.7 Å². The van der Waals surface area contributed by atoms with Crippen molar-refractivity contribution in [2.75, 3.05) is 0 Å². The first kappa shape index (κ1) is 12.5. The maximum atomic E-state index is 12.7. The van der Waals surface area contributed by atoms with E-state index in [-0.39, 0.29) is 5.78 Å². The Morgan fingerprint density at radius 2 is 2.05 bits per heavy atom. The monoisotopic (exact) mass is 289 g/mol. The van der Waals surface area contributed by atoms with Crippen LogP contribution in [0.15, 0.2) is 29.6 Å². The van der Waals surface area contributed by atoms with Gasteiger partial charge in [0.15, 0.2) is 5.78 Å². The summed E-state index contributed by atoms with van der Waals surface area (Å²) in [6, 6.07) is 7.54. The van der Waals surface area contributed by atoms with E-state index in [0.29, 0.717) is 10.6 Å². The average Bonchev–Trinajstić information content (AvgIpc) is 2.91. The minimum atomic E-state index is -0.0140. The molecular weight excluding hydrogens is 278 g/mol. The smallest absolute Gasteiger partial charge is 0.197 e. The molecule has 0 unspecified atom stereocenters. The number of hydrogen-bond acceptors (Lipinski definition) is 2. The number of aromatic nitrogens is 1.